The lowest BCUT2D eigenvalue weighted by Gasteiger charge is -2.24. The molecule has 0 N–H and O–H groups in total. The summed E-state index contributed by atoms with van der Waals surface area (Å²) in [5.41, 5.74) is 0.577. The van der Waals surface area contributed by atoms with Gasteiger partial charge in [0.2, 0.25) is 5.88 Å². The summed E-state index contributed by atoms with van der Waals surface area (Å²) < 4.78 is 36.3. The molecule has 146 valence electrons. The Morgan fingerprint density at radius 3 is 2.79 bits per heavy atom. The smallest absolute Gasteiger partial charge is 0.234 e. The normalized spacial score (nSPS) is 16.8. The van der Waals surface area contributed by atoms with Gasteiger partial charge in [0.15, 0.2) is 6.29 Å². The fourth-order valence-corrected chi connectivity index (χ4v) is 3.20. The zero-order chi connectivity index (χ0) is 19.5. The first-order chi connectivity index (χ1) is 13.6. The SMILES string of the molecule is COc1cc(OC2CCCCO2)c2c(Oc3ccc(F)cc3Cl)ncnc2c1. The minimum atomic E-state index is -0.451. The fraction of sp³-hybridized carbons (Fsp3) is 0.300. The van der Waals surface area contributed by atoms with Crippen molar-refractivity contribution in [1.29, 1.82) is 0 Å². The van der Waals surface area contributed by atoms with E-state index in [0.29, 0.717) is 29.0 Å². The van der Waals surface area contributed by atoms with Crippen molar-refractivity contribution in [3.05, 3.63) is 47.5 Å². The number of methoxy groups -OCH3 is 1. The van der Waals surface area contributed by atoms with E-state index in [1.165, 1.54) is 24.5 Å². The second-order valence-electron chi connectivity index (χ2n) is 6.29. The number of nitrogens with zero attached hydrogens (tertiary/aromatic N) is 2. The van der Waals surface area contributed by atoms with Gasteiger partial charge in [-0.2, -0.15) is 0 Å². The quantitative estimate of drug-likeness (QED) is 0.587. The predicted molar refractivity (Wildman–Crippen MR) is 102 cm³/mol. The summed E-state index contributed by atoms with van der Waals surface area (Å²) in [5.74, 6) is 1.14. The maximum atomic E-state index is 13.3. The van der Waals surface area contributed by atoms with Crippen LogP contribution in [0.2, 0.25) is 5.02 Å². The van der Waals surface area contributed by atoms with Crippen LogP contribution in [0.1, 0.15) is 19.3 Å². The Hall–Kier alpha value is -2.64. The van der Waals surface area contributed by atoms with E-state index >= 15 is 0 Å². The minimum Gasteiger partial charge on any atom is -0.497 e. The van der Waals surface area contributed by atoms with Crippen LogP contribution >= 0.6 is 11.6 Å². The third kappa shape index (κ3) is 3.95. The monoisotopic (exact) mass is 404 g/mol. The molecule has 1 atom stereocenters. The van der Waals surface area contributed by atoms with E-state index in [1.54, 1.807) is 19.2 Å². The fourth-order valence-electron chi connectivity index (χ4n) is 3.00. The van der Waals surface area contributed by atoms with Crippen LogP contribution in [0.4, 0.5) is 4.39 Å². The van der Waals surface area contributed by atoms with Crippen LogP contribution in [0, 0.1) is 5.82 Å². The molecule has 1 aliphatic rings. The summed E-state index contributed by atoms with van der Waals surface area (Å²) in [6.45, 7) is 0.650. The molecule has 2 aromatic carbocycles. The van der Waals surface area contributed by atoms with Crippen molar-refractivity contribution in [3.8, 4) is 23.1 Å². The van der Waals surface area contributed by atoms with Crippen molar-refractivity contribution < 1.29 is 23.3 Å². The topological polar surface area (TPSA) is 62.7 Å². The van der Waals surface area contributed by atoms with E-state index < -0.39 is 5.82 Å². The molecular formula is C20H18ClFN2O4. The first-order valence-electron chi connectivity index (χ1n) is 8.88. The molecule has 1 unspecified atom stereocenters. The van der Waals surface area contributed by atoms with Crippen LogP contribution in [0.15, 0.2) is 36.7 Å². The first kappa shape index (κ1) is 18.7. The van der Waals surface area contributed by atoms with Crippen LogP contribution in [0.5, 0.6) is 23.1 Å². The van der Waals surface area contributed by atoms with Gasteiger partial charge >= 0.3 is 0 Å². The average Bonchev–Trinajstić information content (AvgIpc) is 2.70. The number of hydrogen-bond acceptors (Lipinski definition) is 6. The Morgan fingerprint density at radius 2 is 2.04 bits per heavy atom. The lowest BCUT2D eigenvalue weighted by atomic mass is 10.2. The lowest BCUT2D eigenvalue weighted by molar-refractivity contribution is -0.105. The summed E-state index contributed by atoms with van der Waals surface area (Å²) in [6.07, 6.45) is 3.82. The minimum absolute atomic E-state index is 0.137. The van der Waals surface area contributed by atoms with Gasteiger partial charge in [-0.25, -0.2) is 14.4 Å². The lowest BCUT2D eigenvalue weighted by Crippen LogP contribution is -2.25. The van der Waals surface area contributed by atoms with E-state index in [-0.39, 0.29) is 22.9 Å². The third-order valence-corrected chi connectivity index (χ3v) is 4.67. The number of ether oxygens (including phenoxy) is 4. The number of rotatable bonds is 5. The molecule has 0 radical (unpaired) electrons. The number of halogens is 2. The van der Waals surface area contributed by atoms with Crippen LogP contribution in [0.25, 0.3) is 10.9 Å². The highest BCUT2D eigenvalue weighted by atomic mass is 35.5. The van der Waals surface area contributed by atoms with Gasteiger partial charge in [0.25, 0.3) is 0 Å². The van der Waals surface area contributed by atoms with Gasteiger partial charge in [0, 0.05) is 18.6 Å². The molecule has 1 aromatic heterocycles. The van der Waals surface area contributed by atoms with E-state index in [0.717, 1.165) is 19.3 Å². The van der Waals surface area contributed by atoms with Gasteiger partial charge < -0.3 is 18.9 Å². The van der Waals surface area contributed by atoms with Gasteiger partial charge in [0.1, 0.15) is 34.8 Å². The Morgan fingerprint density at radius 1 is 1.14 bits per heavy atom. The number of hydrogen-bond donors (Lipinski definition) is 0. The summed E-state index contributed by atoms with van der Waals surface area (Å²) in [6, 6.07) is 7.38. The maximum absolute atomic E-state index is 13.3. The molecule has 4 rings (SSSR count). The zero-order valence-corrected chi connectivity index (χ0v) is 15.9. The second kappa shape index (κ2) is 8.16. The van der Waals surface area contributed by atoms with Crippen molar-refractivity contribution in [2.45, 2.75) is 25.6 Å². The van der Waals surface area contributed by atoms with Crippen molar-refractivity contribution >= 4 is 22.5 Å². The van der Waals surface area contributed by atoms with Gasteiger partial charge in [-0.05, 0) is 31.0 Å². The highest BCUT2D eigenvalue weighted by molar-refractivity contribution is 6.32. The molecule has 28 heavy (non-hydrogen) atoms. The Balaban J connectivity index is 1.77. The number of aromatic nitrogens is 2. The molecule has 0 bridgehead atoms. The van der Waals surface area contributed by atoms with Gasteiger partial charge in [-0.15, -0.1) is 0 Å². The van der Waals surface area contributed by atoms with Crippen molar-refractivity contribution in [2.24, 2.45) is 0 Å². The molecule has 0 spiro atoms. The molecule has 6 nitrogen and oxygen atoms in total. The Labute approximate surface area is 166 Å². The zero-order valence-electron chi connectivity index (χ0n) is 15.2. The predicted octanol–water partition coefficient (Wildman–Crippen LogP) is 5.13. The molecule has 0 amide bonds. The average molecular weight is 405 g/mol. The highest BCUT2D eigenvalue weighted by Crippen LogP contribution is 2.39. The third-order valence-electron chi connectivity index (χ3n) is 4.37. The molecule has 8 heteroatoms. The number of benzene rings is 2. The Bertz CT molecular complexity index is 995. The van der Waals surface area contributed by atoms with Crippen LogP contribution in [0.3, 0.4) is 0 Å². The Kier molecular flexibility index (Phi) is 5.45. The molecule has 0 aliphatic carbocycles. The van der Waals surface area contributed by atoms with E-state index in [2.05, 4.69) is 9.97 Å². The molecule has 2 heterocycles. The molecule has 3 aromatic rings. The molecule has 1 fully saturated rings. The first-order valence-corrected chi connectivity index (χ1v) is 9.26. The number of fused-ring (bicyclic) bond motifs is 1. The van der Waals surface area contributed by atoms with Crippen LogP contribution in [-0.2, 0) is 4.74 Å². The van der Waals surface area contributed by atoms with Gasteiger partial charge in [-0.3, -0.25) is 0 Å². The molecular weight excluding hydrogens is 387 g/mol. The van der Waals surface area contributed by atoms with Gasteiger partial charge in [-0.1, -0.05) is 11.6 Å². The summed E-state index contributed by atoms with van der Waals surface area (Å²) in [7, 11) is 1.57. The van der Waals surface area contributed by atoms with Crippen molar-refractivity contribution in [1.82, 2.24) is 9.97 Å². The van der Waals surface area contributed by atoms with Crippen LogP contribution in [-0.4, -0.2) is 30.0 Å². The summed E-state index contributed by atoms with van der Waals surface area (Å²) >= 11 is 6.09. The summed E-state index contributed by atoms with van der Waals surface area (Å²) in [4.78, 5) is 8.53. The van der Waals surface area contributed by atoms with Crippen molar-refractivity contribution in [3.63, 3.8) is 0 Å². The van der Waals surface area contributed by atoms with E-state index in [1.807, 2.05) is 0 Å². The highest BCUT2D eigenvalue weighted by Gasteiger charge is 2.21. The van der Waals surface area contributed by atoms with E-state index in [4.69, 9.17) is 30.5 Å². The molecule has 1 saturated heterocycles. The van der Waals surface area contributed by atoms with Gasteiger partial charge in [0.05, 0.1) is 24.3 Å². The second-order valence-corrected chi connectivity index (χ2v) is 6.70. The maximum Gasteiger partial charge on any atom is 0.234 e. The van der Waals surface area contributed by atoms with E-state index in [9.17, 15) is 4.39 Å². The molecule has 1 aliphatic heterocycles. The van der Waals surface area contributed by atoms with Crippen LogP contribution < -0.4 is 14.2 Å². The molecule has 0 saturated carbocycles. The standard InChI is InChI=1S/C20H18ClFN2O4/c1-25-13-9-15-19(17(10-13)27-18-4-2-3-7-26-18)20(24-11-23-15)28-16-6-5-12(22)8-14(16)21/h5-6,8-11,18H,2-4,7H2,1H3. The van der Waals surface area contributed by atoms with Crippen molar-refractivity contribution in [2.75, 3.05) is 13.7 Å². The largest absolute Gasteiger partial charge is 0.497 e. The summed E-state index contributed by atoms with van der Waals surface area (Å²) in [5, 5.41) is 0.691.